The van der Waals surface area contributed by atoms with Gasteiger partial charge in [0.05, 0.1) is 0 Å². The third-order valence-corrected chi connectivity index (χ3v) is 3.60. The zero-order valence-corrected chi connectivity index (χ0v) is 10.5. The van der Waals surface area contributed by atoms with E-state index >= 15 is 0 Å². The van der Waals surface area contributed by atoms with Gasteiger partial charge in [0, 0.05) is 26.2 Å². The highest BCUT2D eigenvalue weighted by atomic mass is 32.1. The van der Waals surface area contributed by atoms with E-state index in [1.165, 1.54) is 0 Å². The Bertz CT molecular complexity index is 265. The third kappa shape index (κ3) is 3.52. The van der Waals surface area contributed by atoms with E-state index in [0.717, 1.165) is 30.8 Å². The molecule has 6 heteroatoms. The van der Waals surface area contributed by atoms with E-state index in [2.05, 4.69) is 15.5 Å². The van der Waals surface area contributed by atoms with Crippen LogP contribution >= 0.6 is 12.2 Å². The van der Waals surface area contributed by atoms with E-state index in [0.29, 0.717) is 6.04 Å². The maximum atomic E-state index is 10.5. The molecule has 1 fully saturated rings. The molecule has 0 spiro atoms. The topological polar surface area (TPSA) is 64.6 Å². The fourth-order valence-electron chi connectivity index (χ4n) is 2.12. The molecule has 0 radical (unpaired) electrons. The summed E-state index contributed by atoms with van der Waals surface area (Å²) in [6.07, 6.45) is 2.79. The van der Waals surface area contributed by atoms with Crippen LogP contribution in [0.5, 0.6) is 0 Å². The molecule has 3 N–H and O–H groups in total. The lowest BCUT2D eigenvalue weighted by Gasteiger charge is -2.35. The van der Waals surface area contributed by atoms with Crippen molar-refractivity contribution >= 4 is 23.4 Å². The van der Waals surface area contributed by atoms with E-state index in [1.54, 1.807) is 0 Å². The minimum absolute atomic E-state index is 0.102. The van der Waals surface area contributed by atoms with Crippen molar-refractivity contribution in [2.24, 2.45) is 0 Å². The van der Waals surface area contributed by atoms with Crippen LogP contribution in [0.2, 0.25) is 0 Å². The van der Waals surface area contributed by atoms with Crippen LogP contribution < -0.4 is 10.6 Å². The highest BCUT2D eigenvalue weighted by molar-refractivity contribution is 7.80. The summed E-state index contributed by atoms with van der Waals surface area (Å²) in [6.45, 7) is 0. The Morgan fingerprint density at radius 2 is 1.94 bits per heavy atom. The predicted octanol–water partition coefficient (Wildman–Crippen LogP) is 1.00. The summed E-state index contributed by atoms with van der Waals surface area (Å²) >= 11 is 5.16. The Balaban J connectivity index is 2.36. The number of amides is 1. The van der Waals surface area contributed by atoms with Crippen LogP contribution in [-0.2, 0) is 0 Å². The van der Waals surface area contributed by atoms with E-state index < -0.39 is 6.09 Å². The Morgan fingerprint density at radius 3 is 2.38 bits per heavy atom. The second-order valence-corrected chi connectivity index (χ2v) is 4.51. The fraction of sp³-hybridized carbons (Fsp3) is 0.800. The highest BCUT2D eigenvalue weighted by Gasteiger charge is 2.25. The molecule has 1 aliphatic carbocycles. The summed E-state index contributed by atoms with van der Waals surface area (Å²) in [5, 5.41) is 14.8. The molecule has 0 heterocycles. The number of nitrogens with one attached hydrogen (secondary N) is 2. The lowest BCUT2D eigenvalue weighted by molar-refractivity contribution is 0.179. The van der Waals surface area contributed by atoms with Crippen molar-refractivity contribution in [3.05, 3.63) is 0 Å². The van der Waals surface area contributed by atoms with Crippen molar-refractivity contribution in [2.75, 3.05) is 14.1 Å². The van der Waals surface area contributed by atoms with E-state index in [9.17, 15) is 4.79 Å². The number of carboxylic acid groups (broad SMARTS) is 1. The summed E-state index contributed by atoms with van der Waals surface area (Å²) in [4.78, 5) is 12.5. The van der Waals surface area contributed by atoms with Crippen LogP contribution in [0.15, 0.2) is 0 Å². The van der Waals surface area contributed by atoms with Gasteiger partial charge >= 0.3 is 6.09 Å². The highest BCUT2D eigenvalue weighted by Crippen LogP contribution is 2.22. The normalized spacial score (nSPS) is 24.6. The number of nitrogens with zero attached hydrogens (tertiary/aromatic N) is 1. The quantitative estimate of drug-likeness (QED) is 0.634. The second-order valence-electron chi connectivity index (χ2n) is 4.12. The average molecular weight is 245 g/mol. The first kappa shape index (κ1) is 13.0. The first-order valence-corrected chi connectivity index (χ1v) is 5.89. The van der Waals surface area contributed by atoms with Crippen molar-refractivity contribution in [3.63, 3.8) is 0 Å². The Labute approximate surface area is 101 Å². The van der Waals surface area contributed by atoms with Gasteiger partial charge in [-0.05, 0) is 37.9 Å². The van der Waals surface area contributed by atoms with Gasteiger partial charge in [-0.25, -0.2) is 4.79 Å². The zero-order chi connectivity index (χ0) is 12.1. The number of thiocarbonyl (C=S) groups is 1. The van der Waals surface area contributed by atoms with Crippen LogP contribution in [0.4, 0.5) is 4.79 Å². The molecule has 0 aromatic carbocycles. The summed E-state index contributed by atoms with van der Waals surface area (Å²) in [7, 11) is 3.80. The van der Waals surface area contributed by atoms with Gasteiger partial charge in [-0.15, -0.1) is 0 Å². The van der Waals surface area contributed by atoms with Gasteiger partial charge in [-0.1, -0.05) is 0 Å². The maximum Gasteiger partial charge on any atom is 0.404 e. The number of rotatable bonds is 2. The van der Waals surface area contributed by atoms with Gasteiger partial charge < -0.3 is 20.6 Å². The van der Waals surface area contributed by atoms with E-state index in [1.807, 2.05) is 14.1 Å². The minimum atomic E-state index is -0.928. The van der Waals surface area contributed by atoms with Gasteiger partial charge in [0.15, 0.2) is 5.11 Å². The van der Waals surface area contributed by atoms with Crippen molar-refractivity contribution in [3.8, 4) is 0 Å². The molecule has 5 nitrogen and oxygen atoms in total. The smallest absolute Gasteiger partial charge is 0.404 e. The van der Waals surface area contributed by atoms with Crippen LogP contribution in [0.25, 0.3) is 0 Å². The summed E-state index contributed by atoms with van der Waals surface area (Å²) < 4.78 is 0. The van der Waals surface area contributed by atoms with Crippen LogP contribution in [0, 0.1) is 0 Å². The number of hydrogen-bond acceptors (Lipinski definition) is 2. The first-order chi connectivity index (χ1) is 7.54. The van der Waals surface area contributed by atoms with Crippen molar-refractivity contribution in [2.45, 2.75) is 37.8 Å². The van der Waals surface area contributed by atoms with E-state index in [-0.39, 0.29) is 6.04 Å². The molecular formula is C10H19N3O2S. The van der Waals surface area contributed by atoms with Crippen molar-refractivity contribution < 1.29 is 9.90 Å². The van der Waals surface area contributed by atoms with Crippen LogP contribution in [-0.4, -0.2) is 47.4 Å². The van der Waals surface area contributed by atoms with Crippen molar-refractivity contribution in [1.82, 2.24) is 15.5 Å². The SMILES string of the molecule is CNC(=S)N(C)C1CCC(NC(=O)O)CC1. The molecule has 0 saturated heterocycles. The zero-order valence-electron chi connectivity index (χ0n) is 9.69. The third-order valence-electron chi connectivity index (χ3n) is 3.11. The maximum absolute atomic E-state index is 10.5. The molecule has 1 amide bonds. The van der Waals surface area contributed by atoms with Crippen LogP contribution in [0.1, 0.15) is 25.7 Å². The molecule has 0 bridgehead atoms. The Hall–Kier alpha value is -1.04. The van der Waals surface area contributed by atoms with Gasteiger partial charge in [0.2, 0.25) is 0 Å². The molecule has 1 aliphatic rings. The Kier molecular flexibility index (Phi) is 4.79. The van der Waals surface area contributed by atoms with Gasteiger partial charge in [-0.2, -0.15) is 0 Å². The van der Waals surface area contributed by atoms with Crippen LogP contribution in [0.3, 0.4) is 0 Å². The summed E-state index contributed by atoms with van der Waals surface area (Å²) in [5.74, 6) is 0. The molecule has 0 aromatic rings. The lowest BCUT2D eigenvalue weighted by atomic mass is 9.90. The van der Waals surface area contributed by atoms with Gasteiger partial charge in [-0.3, -0.25) is 0 Å². The second kappa shape index (κ2) is 5.89. The van der Waals surface area contributed by atoms with Gasteiger partial charge in [0.1, 0.15) is 0 Å². The molecule has 92 valence electrons. The monoisotopic (exact) mass is 245 g/mol. The average Bonchev–Trinajstić information content (AvgIpc) is 2.27. The minimum Gasteiger partial charge on any atom is -0.465 e. The number of hydrogen-bond donors (Lipinski definition) is 3. The molecular weight excluding hydrogens is 226 g/mol. The molecule has 1 rings (SSSR count). The van der Waals surface area contributed by atoms with E-state index in [4.69, 9.17) is 17.3 Å². The standard InChI is InChI=1S/C10H19N3O2S/c1-11-9(16)13(2)8-5-3-7(4-6-8)12-10(14)15/h7-8,12H,3-6H2,1-2H3,(H,11,16)(H,14,15). The molecule has 1 saturated carbocycles. The molecule has 0 aromatic heterocycles. The fourth-order valence-corrected chi connectivity index (χ4v) is 2.27. The molecule has 0 unspecified atom stereocenters. The Morgan fingerprint density at radius 1 is 1.38 bits per heavy atom. The van der Waals surface area contributed by atoms with Gasteiger partial charge in [0.25, 0.3) is 0 Å². The molecule has 0 aliphatic heterocycles. The largest absolute Gasteiger partial charge is 0.465 e. The molecule has 16 heavy (non-hydrogen) atoms. The first-order valence-electron chi connectivity index (χ1n) is 5.48. The molecule has 0 atom stereocenters. The predicted molar refractivity (Wildman–Crippen MR) is 66.6 cm³/mol. The summed E-state index contributed by atoms with van der Waals surface area (Å²) in [5.41, 5.74) is 0. The number of carbonyl (C=O) groups is 1. The summed E-state index contributed by atoms with van der Waals surface area (Å²) in [6, 6.07) is 0.525. The lowest BCUT2D eigenvalue weighted by Crippen LogP contribution is -2.46. The van der Waals surface area contributed by atoms with Crippen molar-refractivity contribution in [1.29, 1.82) is 0 Å².